The van der Waals surface area contributed by atoms with E-state index in [0.717, 1.165) is 77.0 Å². The van der Waals surface area contributed by atoms with Crippen LogP contribution in [0, 0.1) is 0 Å². The first-order valence-corrected chi connectivity index (χ1v) is 30.0. The van der Waals surface area contributed by atoms with E-state index in [-0.39, 0.29) is 25.9 Å². The Hall–Kier alpha value is -3.06. The Labute approximate surface area is 444 Å². The Morgan fingerprint density at radius 2 is 0.863 bits per heavy atom. The molecule has 424 valence electrons. The first-order chi connectivity index (χ1) is 35.6. The normalized spacial score (nSPS) is 18.5. The summed E-state index contributed by atoms with van der Waals surface area (Å²) in [6.45, 7) is 5.88. The fourth-order valence-electron chi connectivity index (χ4n) is 9.15. The van der Waals surface area contributed by atoms with Gasteiger partial charge in [0.1, 0.15) is 18.8 Å². The molecule has 12 heteroatoms. The number of unbranched alkanes of at least 4 members (excludes halogenated alkanes) is 31. The Kier molecular flexibility index (Phi) is 46.4. The van der Waals surface area contributed by atoms with Crippen molar-refractivity contribution in [2.45, 2.75) is 314 Å². The molecule has 0 aromatic carbocycles. The maximum Gasteiger partial charge on any atom is 0.335 e. The van der Waals surface area contributed by atoms with E-state index >= 15 is 0 Å². The molecular formula is C61H108O12. The van der Waals surface area contributed by atoms with E-state index < -0.39 is 67.3 Å². The zero-order chi connectivity index (χ0) is 53.3. The summed E-state index contributed by atoms with van der Waals surface area (Å²) in [6.07, 6.45) is 45.6. The number of rotatable bonds is 51. The largest absolute Gasteiger partial charge is 0.479 e. The first-order valence-electron chi connectivity index (χ1n) is 30.0. The fourth-order valence-corrected chi connectivity index (χ4v) is 9.15. The van der Waals surface area contributed by atoms with Gasteiger partial charge in [-0.25, -0.2) is 4.79 Å². The standard InChI is InChI=1S/C61H108O12/c1-4-7-10-13-16-19-22-24-25-26-27-28-29-31-33-35-38-41-44-47-53(62)69-50-52(71-54(63)48-45-42-39-36-32-21-18-15-12-9-6-3)51-70-61-59(57(66)56(65)58(73-61)60(67)68)72-55(64)49-46-43-40-37-34-30-23-20-17-14-11-8-5-2/h8,11,17,20,30,34,52,56-59,61,65-66H,4-7,9-10,12-16,18-19,21-29,31-33,35-51H2,1-3H3,(H,67,68)/b11-8-,20-17-,34-30-. The summed E-state index contributed by atoms with van der Waals surface area (Å²) in [5.74, 6) is -3.13. The summed E-state index contributed by atoms with van der Waals surface area (Å²) in [7, 11) is 0. The minimum absolute atomic E-state index is 0.0286. The quantitative estimate of drug-likeness (QED) is 0.0228. The molecule has 1 heterocycles. The molecule has 0 amide bonds. The predicted molar refractivity (Wildman–Crippen MR) is 294 cm³/mol. The lowest BCUT2D eigenvalue weighted by Gasteiger charge is -2.40. The van der Waals surface area contributed by atoms with Crippen molar-refractivity contribution >= 4 is 23.9 Å². The Balaban J connectivity index is 2.64. The van der Waals surface area contributed by atoms with E-state index in [2.05, 4.69) is 57.2 Å². The van der Waals surface area contributed by atoms with Crippen molar-refractivity contribution < 1.29 is 58.2 Å². The van der Waals surface area contributed by atoms with Gasteiger partial charge in [0.2, 0.25) is 0 Å². The van der Waals surface area contributed by atoms with Gasteiger partial charge in [-0.2, -0.15) is 0 Å². The molecule has 1 fully saturated rings. The average molecular weight is 1030 g/mol. The molecule has 3 N–H and O–H groups in total. The van der Waals surface area contributed by atoms with Gasteiger partial charge >= 0.3 is 23.9 Å². The van der Waals surface area contributed by atoms with Crippen molar-refractivity contribution in [2.24, 2.45) is 0 Å². The number of hydrogen-bond acceptors (Lipinski definition) is 11. The molecule has 1 aliphatic rings. The summed E-state index contributed by atoms with van der Waals surface area (Å²) in [5.41, 5.74) is 0. The van der Waals surface area contributed by atoms with Gasteiger partial charge in [-0.3, -0.25) is 14.4 Å². The lowest BCUT2D eigenvalue weighted by atomic mass is 9.98. The maximum atomic E-state index is 13.1. The molecule has 12 nitrogen and oxygen atoms in total. The average Bonchev–Trinajstić information content (AvgIpc) is 3.37. The highest BCUT2D eigenvalue weighted by Crippen LogP contribution is 2.26. The van der Waals surface area contributed by atoms with Gasteiger partial charge in [0.25, 0.3) is 0 Å². The van der Waals surface area contributed by atoms with Crippen LogP contribution in [0.4, 0.5) is 0 Å². The molecule has 1 saturated heterocycles. The van der Waals surface area contributed by atoms with Crippen molar-refractivity contribution in [2.75, 3.05) is 13.2 Å². The second kappa shape index (κ2) is 49.8. The highest BCUT2D eigenvalue weighted by atomic mass is 16.7. The molecule has 0 radical (unpaired) electrons. The number of esters is 3. The second-order valence-electron chi connectivity index (χ2n) is 20.6. The summed E-state index contributed by atoms with van der Waals surface area (Å²) in [6, 6.07) is 0. The maximum absolute atomic E-state index is 13.1. The fraction of sp³-hybridized carbons (Fsp3) is 0.836. The van der Waals surface area contributed by atoms with Crippen LogP contribution >= 0.6 is 0 Å². The minimum atomic E-state index is -1.91. The molecule has 1 rings (SSSR count). The van der Waals surface area contributed by atoms with Crippen LogP contribution in [0.5, 0.6) is 0 Å². The number of carboxylic acids is 1. The number of carbonyl (C=O) groups excluding carboxylic acids is 3. The van der Waals surface area contributed by atoms with E-state index in [1.54, 1.807) is 0 Å². The monoisotopic (exact) mass is 1030 g/mol. The number of aliphatic carboxylic acids is 1. The summed E-state index contributed by atoms with van der Waals surface area (Å²) in [5, 5.41) is 31.4. The molecule has 0 aliphatic carbocycles. The lowest BCUT2D eigenvalue weighted by Crippen LogP contribution is -2.61. The molecule has 1 aliphatic heterocycles. The predicted octanol–water partition coefficient (Wildman–Crippen LogP) is 15.2. The van der Waals surface area contributed by atoms with Crippen molar-refractivity contribution in [1.29, 1.82) is 0 Å². The van der Waals surface area contributed by atoms with E-state index in [4.69, 9.17) is 23.7 Å². The first kappa shape index (κ1) is 68.0. The lowest BCUT2D eigenvalue weighted by molar-refractivity contribution is -0.301. The summed E-state index contributed by atoms with van der Waals surface area (Å²) >= 11 is 0. The van der Waals surface area contributed by atoms with Crippen LogP contribution < -0.4 is 0 Å². The topological polar surface area (TPSA) is 175 Å². The van der Waals surface area contributed by atoms with E-state index in [1.165, 1.54) is 141 Å². The summed E-state index contributed by atoms with van der Waals surface area (Å²) in [4.78, 5) is 51.0. The number of aliphatic hydroxyl groups excluding tert-OH is 2. The third-order valence-electron chi connectivity index (χ3n) is 13.7. The number of ether oxygens (including phenoxy) is 5. The van der Waals surface area contributed by atoms with Crippen LogP contribution in [0.1, 0.15) is 278 Å². The number of hydrogen-bond donors (Lipinski definition) is 3. The summed E-state index contributed by atoms with van der Waals surface area (Å²) < 4.78 is 28.4. The van der Waals surface area contributed by atoms with E-state index in [9.17, 15) is 34.5 Å². The molecule has 0 bridgehead atoms. The van der Waals surface area contributed by atoms with Gasteiger partial charge in [0.15, 0.2) is 24.6 Å². The third-order valence-corrected chi connectivity index (χ3v) is 13.7. The molecular weight excluding hydrogens is 925 g/mol. The number of allylic oxidation sites excluding steroid dienone is 6. The molecule has 0 spiro atoms. The van der Waals surface area contributed by atoms with Crippen LogP contribution in [-0.4, -0.2) is 89.2 Å². The smallest absolute Gasteiger partial charge is 0.335 e. The SMILES string of the molecule is CC/C=C\C/C=C\C/C=C\CCCCCC(=O)OC1C(OCC(COC(=O)CCCCCCCCCCCCCCCCCCCCC)OC(=O)CCCCCCCCCCCCC)OC(C(=O)O)C(O)C1O. The highest BCUT2D eigenvalue weighted by molar-refractivity contribution is 5.74. The van der Waals surface area contributed by atoms with Gasteiger partial charge in [-0.15, -0.1) is 0 Å². The second-order valence-corrected chi connectivity index (χ2v) is 20.6. The molecule has 0 saturated carbocycles. The van der Waals surface area contributed by atoms with Gasteiger partial charge in [0.05, 0.1) is 6.61 Å². The highest BCUT2D eigenvalue weighted by Gasteiger charge is 2.50. The van der Waals surface area contributed by atoms with Crippen molar-refractivity contribution in [3.8, 4) is 0 Å². The minimum Gasteiger partial charge on any atom is -0.479 e. The zero-order valence-corrected chi connectivity index (χ0v) is 46.6. The Morgan fingerprint density at radius 1 is 0.466 bits per heavy atom. The van der Waals surface area contributed by atoms with Gasteiger partial charge in [-0.05, 0) is 51.4 Å². The van der Waals surface area contributed by atoms with Crippen molar-refractivity contribution in [1.82, 2.24) is 0 Å². The van der Waals surface area contributed by atoms with Crippen LogP contribution in [0.25, 0.3) is 0 Å². The van der Waals surface area contributed by atoms with Crippen LogP contribution in [0.15, 0.2) is 36.5 Å². The number of carbonyl (C=O) groups is 4. The molecule has 0 aromatic rings. The van der Waals surface area contributed by atoms with Gasteiger partial charge in [0, 0.05) is 19.3 Å². The van der Waals surface area contributed by atoms with Crippen molar-refractivity contribution in [3.63, 3.8) is 0 Å². The molecule has 6 unspecified atom stereocenters. The van der Waals surface area contributed by atoms with E-state index in [0.29, 0.717) is 19.3 Å². The molecule has 0 aromatic heterocycles. The van der Waals surface area contributed by atoms with Gasteiger partial charge in [-0.1, -0.05) is 243 Å². The zero-order valence-electron chi connectivity index (χ0n) is 46.6. The Bertz CT molecular complexity index is 1410. The van der Waals surface area contributed by atoms with Crippen LogP contribution in [0.2, 0.25) is 0 Å². The van der Waals surface area contributed by atoms with E-state index in [1.807, 2.05) is 0 Å². The van der Waals surface area contributed by atoms with Crippen LogP contribution in [0.3, 0.4) is 0 Å². The number of aliphatic hydroxyl groups is 2. The third kappa shape index (κ3) is 39.9. The number of carboxylic acid groups (broad SMARTS) is 1. The Morgan fingerprint density at radius 3 is 1.32 bits per heavy atom. The van der Waals surface area contributed by atoms with Crippen LogP contribution in [-0.2, 0) is 42.9 Å². The van der Waals surface area contributed by atoms with Crippen molar-refractivity contribution in [3.05, 3.63) is 36.5 Å². The molecule has 73 heavy (non-hydrogen) atoms. The van der Waals surface area contributed by atoms with Gasteiger partial charge < -0.3 is 39.0 Å². The molecule has 6 atom stereocenters.